The summed E-state index contributed by atoms with van der Waals surface area (Å²) in [6, 6.07) is 4.96. The molecule has 0 radical (unpaired) electrons. The summed E-state index contributed by atoms with van der Waals surface area (Å²) in [5.74, 6) is -0.255. The molecular weight excluding hydrogens is 312 g/mol. The first-order valence-electron chi connectivity index (χ1n) is 6.32. The molecule has 1 saturated carbocycles. The molecule has 2 unspecified atom stereocenters. The molecule has 0 aromatic heterocycles. The molecule has 1 aliphatic rings. The van der Waals surface area contributed by atoms with Gasteiger partial charge >= 0.3 is 5.97 Å². The average Bonchev–Trinajstić information content (AvgIpc) is 2.38. The summed E-state index contributed by atoms with van der Waals surface area (Å²) >= 11 is 3.25. The van der Waals surface area contributed by atoms with E-state index in [1.807, 2.05) is 0 Å². The summed E-state index contributed by atoms with van der Waals surface area (Å²) in [6.07, 6.45) is 4.48. The van der Waals surface area contributed by atoms with E-state index in [1.54, 1.807) is 25.3 Å². The zero-order chi connectivity index (χ0) is 13.8. The third-order valence-corrected chi connectivity index (χ3v) is 4.04. The van der Waals surface area contributed by atoms with Crippen molar-refractivity contribution in [1.82, 2.24) is 0 Å². The Morgan fingerprint density at radius 2 is 2.11 bits per heavy atom. The molecule has 1 fully saturated rings. The minimum atomic E-state index is -0.949. The molecule has 1 aromatic carbocycles. The predicted octanol–water partition coefficient (Wildman–Crippen LogP) is 3.48. The second-order valence-electron chi connectivity index (χ2n) is 4.71. The van der Waals surface area contributed by atoms with Gasteiger partial charge in [0.15, 0.2) is 0 Å². The van der Waals surface area contributed by atoms with Crippen molar-refractivity contribution in [3.8, 4) is 5.75 Å². The van der Waals surface area contributed by atoms with Crippen LogP contribution in [0.3, 0.4) is 0 Å². The lowest BCUT2D eigenvalue weighted by molar-refractivity contribution is 0.0209. The smallest absolute Gasteiger partial charge is 0.336 e. The Morgan fingerprint density at radius 3 is 2.74 bits per heavy atom. The lowest BCUT2D eigenvalue weighted by atomic mass is 9.95. The minimum absolute atomic E-state index is 0.140. The molecule has 5 heteroatoms. The number of carboxylic acid groups (broad SMARTS) is 1. The van der Waals surface area contributed by atoms with Gasteiger partial charge in [0.2, 0.25) is 0 Å². The van der Waals surface area contributed by atoms with Crippen molar-refractivity contribution in [2.75, 3.05) is 7.11 Å². The average molecular weight is 329 g/mol. The molecule has 104 valence electrons. The van der Waals surface area contributed by atoms with Gasteiger partial charge in [-0.2, -0.15) is 0 Å². The highest BCUT2D eigenvalue weighted by atomic mass is 79.9. The van der Waals surface area contributed by atoms with Gasteiger partial charge in [-0.05, 0) is 53.4 Å². The summed E-state index contributed by atoms with van der Waals surface area (Å²) in [5.41, 5.74) is 0.241. The van der Waals surface area contributed by atoms with Crippen molar-refractivity contribution in [3.63, 3.8) is 0 Å². The number of rotatable bonds is 4. The quantitative estimate of drug-likeness (QED) is 0.919. The van der Waals surface area contributed by atoms with Gasteiger partial charge < -0.3 is 14.6 Å². The van der Waals surface area contributed by atoms with E-state index in [-0.39, 0.29) is 17.8 Å². The van der Waals surface area contributed by atoms with E-state index in [2.05, 4.69) is 15.9 Å². The van der Waals surface area contributed by atoms with Crippen LogP contribution in [0.4, 0.5) is 0 Å². The standard InChI is InChI=1S/C14H17BrO4/c1-18-9-3-2-4-10(7-9)19-11-5-6-12(14(16)17)13(15)8-11/h5-6,8-10H,2-4,7H2,1H3,(H,16,17). The molecule has 2 atom stereocenters. The second kappa shape index (κ2) is 6.39. The molecule has 0 saturated heterocycles. The van der Waals surface area contributed by atoms with E-state index in [1.165, 1.54) is 0 Å². The van der Waals surface area contributed by atoms with Crippen molar-refractivity contribution < 1.29 is 19.4 Å². The van der Waals surface area contributed by atoms with Crippen molar-refractivity contribution in [3.05, 3.63) is 28.2 Å². The van der Waals surface area contributed by atoms with Crippen LogP contribution in [0.2, 0.25) is 0 Å². The fourth-order valence-electron chi connectivity index (χ4n) is 2.36. The Hall–Kier alpha value is -1.07. The first kappa shape index (κ1) is 14.3. The molecule has 0 aliphatic heterocycles. The van der Waals surface area contributed by atoms with Gasteiger partial charge in [0.1, 0.15) is 11.9 Å². The first-order chi connectivity index (χ1) is 9.10. The zero-order valence-corrected chi connectivity index (χ0v) is 12.4. The molecule has 1 aliphatic carbocycles. The molecule has 1 N–H and O–H groups in total. The second-order valence-corrected chi connectivity index (χ2v) is 5.57. The molecule has 0 heterocycles. The van der Waals surface area contributed by atoms with Gasteiger partial charge in [-0.15, -0.1) is 0 Å². The Kier molecular flexibility index (Phi) is 4.82. The van der Waals surface area contributed by atoms with Gasteiger partial charge in [-0.1, -0.05) is 0 Å². The lowest BCUT2D eigenvalue weighted by Crippen LogP contribution is -2.29. The monoisotopic (exact) mass is 328 g/mol. The number of aromatic carboxylic acids is 1. The number of hydrogen-bond donors (Lipinski definition) is 1. The maximum absolute atomic E-state index is 10.9. The van der Waals surface area contributed by atoms with Crippen LogP contribution >= 0.6 is 15.9 Å². The van der Waals surface area contributed by atoms with Crippen LogP contribution in [-0.2, 0) is 4.74 Å². The van der Waals surface area contributed by atoms with Crippen LogP contribution in [0.15, 0.2) is 22.7 Å². The topological polar surface area (TPSA) is 55.8 Å². The number of halogens is 1. The zero-order valence-electron chi connectivity index (χ0n) is 10.8. The molecule has 0 spiro atoms. The summed E-state index contributed by atoms with van der Waals surface area (Å²) in [4.78, 5) is 10.9. The van der Waals surface area contributed by atoms with Gasteiger partial charge in [0, 0.05) is 18.0 Å². The molecular formula is C14H17BrO4. The number of ether oxygens (including phenoxy) is 2. The van der Waals surface area contributed by atoms with E-state index >= 15 is 0 Å². The van der Waals surface area contributed by atoms with E-state index in [0.29, 0.717) is 10.2 Å². The summed E-state index contributed by atoms with van der Waals surface area (Å²) in [5, 5.41) is 8.96. The van der Waals surface area contributed by atoms with Gasteiger partial charge in [0.25, 0.3) is 0 Å². The maximum atomic E-state index is 10.9. The van der Waals surface area contributed by atoms with Crippen LogP contribution in [0.5, 0.6) is 5.75 Å². The maximum Gasteiger partial charge on any atom is 0.336 e. The normalized spacial score (nSPS) is 23.1. The first-order valence-corrected chi connectivity index (χ1v) is 7.11. The molecule has 1 aromatic rings. The third kappa shape index (κ3) is 3.70. The van der Waals surface area contributed by atoms with Crippen LogP contribution in [0, 0.1) is 0 Å². The Balaban J connectivity index is 2.03. The highest BCUT2D eigenvalue weighted by Crippen LogP contribution is 2.28. The summed E-state index contributed by atoms with van der Waals surface area (Å²) in [7, 11) is 1.73. The van der Waals surface area contributed by atoms with Crippen molar-refractivity contribution in [2.45, 2.75) is 37.9 Å². The van der Waals surface area contributed by atoms with Crippen LogP contribution in [0.1, 0.15) is 36.0 Å². The number of carboxylic acids is 1. The highest BCUT2D eigenvalue weighted by Gasteiger charge is 2.23. The number of hydrogen-bond acceptors (Lipinski definition) is 3. The molecule has 0 bridgehead atoms. The number of carbonyl (C=O) groups is 1. The summed E-state index contributed by atoms with van der Waals surface area (Å²) < 4.78 is 11.8. The Morgan fingerprint density at radius 1 is 1.37 bits per heavy atom. The fraction of sp³-hybridized carbons (Fsp3) is 0.500. The van der Waals surface area contributed by atoms with E-state index in [9.17, 15) is 4.79 Å². The summed E-state index contributed by atoms with van der Waals surface area (Å²) in [6.45, 7) is 0. The highest BCUT2D eigenvalue weighted by molar-refractivity contribution is 9.10. The van der Waals surface area contributed by atoms with Gasteiger partial charge in [-0.25, -0.2) is 4.79 Å². The van der Waals surface area contributed by atoms with Crippen LogP contribution in [-0.4, -0.2) is 30.4 Å². The number of benzene rings is 1. The minimum Gasteiger partial charge on any atom is -0.490 e. The lowest BCUT2D eigenvalue weighted by Gasteiger charge is -2.28. The van der Waals surface area contributed by atoms with Crippen molar-refractivity contribution >= 4 is 21.9 Å². The van der Waals surface area contributed by atoms with Gasteiger partial charge in [-0.3, -0.25) is 0 Å². The Bertz CT molecular complexity index is 461. The largest absolute Gasteiger partial charge is 0.490 e. The molecule has 2 rings (SSSR count). The predicted molar refractivity (Wildman–Crippen MR) is 74.8 cm³/mol. The Labute approximate surface area is 120 Å². The third-order valence-electron chi connectivity index (χ3n) is 3.39. The molecule has 0 amide bonds. The van der Waals surface area contributed by atoms with Crippen LogP contribution in [0.25, 0.3) is 0 Å². The fourth-order valence-corrected chi connectivity index (χ4v) is 2.89. The van der Waals surface area contributed by atoms with Crippen molar-refractivity contribution in [2.24, 2.45) is 0 Å². The van der Waals surface area contributed by atoms with Gasteiger partial charge in [0.05, 0.1) is 11.7 Å². The van der Waals surface area contributed by atoms with E-state index < -0.39 is 5.97 Å². The molecule has 4 nitrogen and oxygen atoms in total. The SMILES string of the molecule is COC1CCCC(Oc2ccc(C(=O)O)c(Br)c2)C1. The van der Waals surface area contributed by atoms with E-state index in [0.717, 1.165) is 25.7 Å². The molecule has 19 heavy (non-hydrogen) atoms. The van der Waals surface area contributed by atoms with Crippen LogP contribution < -0.4 is 4.74 Å². The van der Waals surface area contributed by atoms with Crippen molar-refractivity contribution in [1.29, 1.82) is 0 Å². The number of methoxy groups -OCH3 is 1. The van der Waals surface area contributed by atoms with E-state index in [4.69, 9.17) is 14.6 Å².